The Balaban J connectivity index is 1.77. The van der Waals surface area contributed by atoms with Crippen LogP contribution in [0.4, 0.5) is 5.95 Å². The molecule has 4 rings (SSSR count). The molecule has 3 heterocycles. The van der Waals surface area contributed by atoms with Gasteiger partial charge in [0.1, 0.15) is 28.8 Å². The first kappa shape index (κ1) is 26.3. The van der Waals surface area contributed by atoms with Crippen molar-refractivity contribution < 1.29 is 17.9 Å². The van der Waals surface area contributed by atoms with E-state index in [2.05, 4.69) is 29.9 Å². The number of hydrogen-bond donors (Lipinski definition) is 1. The van der Waals surface area contributed by atoms with E-state index in [1.807, 2.05) is 12.1 Å². The van der Waals surface area contributed by atoms with E-state index in [-0.39, 0.29) is 5.95 Å². The Morgan fingerprint density at radius 3 is 2.22 bits per heavy atom. The van der Waals surface area contributed by atoms with Gasteiger partial charge in [-0.25, -0.2) is 18.4 Å². The Hall–Kier alpha value is -3.77. The van der Waals surface area contributed by atoms with Crippen molar-refractivity contribution in [1.82, 2.24) is 29.7 Å². The molecule has 2 atom stereocenters. The Labute approximate surface area is 219 Å². The molecule has 4 aromatic rings. The molecule has 1 aromatic carbocycles. The highest BCUT2D eigenvalue weighted by Gasteiger charge is 2.32. The maximum absolute atomic E-state index is 13.5. The number of para-hydroxylation sites is 1. The van der Waals surface area contributed by atoms with E-state index in [1.165, 1.54) is 26.6 Å². The average molecular weight is 544 g/mol. The third-order valence-corrected chi connectivity index (χ3v) is 7.99. The molecular formula is C24H26ClN7O4S. The van der Waals surface area contributed by atoms with Crippen LogP contribution in [0, 0.1) is 0 Å². The highest BCUT2D eigenvalue weighted by Crippen LogP contribution is 2.36. The number of halogens is 1. The summed E-state index contributed by atoms with van der Waals surface area (Å²) in [4.78, 5) is 12.4. The molecule has 11 nitrogen and oxygen atoms in total. The fourth-order valence-electron chi connectivity index (χ4n) is 3.72. The SMILES string of the molecule is COc1cccc(OC)c1-n1c(Cc2ccncc2)nnc1NS(=O)(=O)[C@@H](C)[C@H](C)c1ncc(Cl)cn1. The summed E-state index contributed by atoms with van der Waals surface area (Å²) in [7, 11) is -0.940. The molecule has 3 aromatic heterocycles. The fraction of sp³-hybridized carbons (Fsp3) is 0.292. The lowest BCUT2D eigenvalue weighted by atomic mass is 10.1. The number of anilines is 1. The summed E-state index contributed by atoms with van der Waals surface area (Å²) in [5.74, 6) is 1.17. The van der Waals surface area contributed by atoms with Gasteiger partial charge >= 0.3 is 0 Å². The van der Waals surface area contributed by atoms with Gasteiger partial charge in [0.2, 0.25) is 16.0 Å². The minimum atomic E-state index is -3.98. The van der Waals surface area contributed by atoms with Crippen LogP contribution < -0.4 is 14.2 Å². The quantitative estimate of drug-likeness (QED) is 0.318. The Morgan fingerprint density at radius 2 is 1.62 bits per heavy atom. The van der Waals surface area contributed by atoms with Crippen LogP contribution >= 0.6 is 11.6 Å². The third kappa shape index (κ3) is 5.65. The van der Waals surface area contributed by atoms with Gasteiger partial charge in [-0.2, -0.15) is 0 Å². The van der Waals surface area contributed by atoms with Gasteiger partial charge in [-0.1, -0.05) is 24.6 Å². The number of nitrogens with zero attached hydrogens (tertiary/aromatic N) is 6. The molecule has 13 heteroatoms. The van der Waals surface area contributed by atoms with Crippen LogP contribution in [0.5, 0.6) is 11.5 Å². The predicted octanol–water partition coefficient (Wildman–Crippen LogP) is 3.65. The Kier molecular flexibility index (Phi) is 7.89. The monoisotopic (exact) mass is 543 g/mol. The summed E-state index contributed by atoms with van der Waals surface area (Å²) in [5, 5.41) is 7.96. The average Bonchev–Trinajstić information content (AvgIpc) is 3.28. The summed E-state index contributed by atoms with van der Waals surface area (Å²) in [6.07, 6.45) is 6.56. The Morgan fingerprint density at radius 1 is 1.00 bits per heavy atom. The van der Waals surface area contributed by atoms with E-state index in [9.17, 15) is 8.42 Å². The molecule has 0 unspecified atom stereocenters. The van der Waals surface area contributed by atoms with Gasteiger partial charge in [0.15, 0.2) is 0 Å². The zero-order valence-corrected chi connectivity index (χ0v) is 22.2. The molecule has 194 valence electrons. The van der Waals surface area contributed by atoms with E-state index in [0.29, 0.717) is 40.3 Å². The maximum atomic E-state index is 13.5. The van der Waals surface area contributed by atoms with Crippen molar-refractivity contribution in [2.75, 3.05) is 18.9 Å². The summed E-state index contributed by atoms with van der Waals surface area (Å²) in [5.41, 5.74) is 1.37. The molecule has 0 aliphatic rings. The number of aromatic nitrogens is 6. The minimum Gasteiger partial charge on any atom is -0.494 e. The van der Waals surface area contributed by atoms with Crippen molar-refractivity contribution in [1.29, 1.82) is 0 Å². The number of pyridine rings is 1. The third-order valence-electron chi connectivity index (χ3n) is 5.94. The lowest BCUT2D eigenvalue weighted by molar-refractivity contribution is 0.391. The minimum absolute atomic E-state index is 0.0112. The zero-order valence-electron chi connectivity index (χ0n) is 20.7. The Bertz CT molecular complexity index is 1440. The van der Waals surface area contributed by atoms with Crippen LogP contribution in [-0.4, -0.2) is 57.6 Å². The van der Waals surface area contributed by atoms with E-state index >= 15 is 0 Å². The molecule has 0 saturated heterocycles. The molecule has 0 fully saturated rings. The van der Waals surface area contributed by atoms with Gasteiger partial charge in [0, 0.05) is 37.1 Å². The standard InChI is InChI=1S/C24H26ClN7O4S/c1-15(23-27-13-18(25)14-28-23)16(2)37(33,34)31-24-30-29-21(12-17-8-10-26-11-9-17)32(24)22-19(35-3)6-5-7-20(22)36-4/h5-11,13-16H,12H2,1-4H3,(H,30,31)/t15-,16-/m0/s1. The number of benzene rings is 1. The summed E-state index contributed by atoms with van der Waals surface area (Å²) in [6.45, 7) is 3.31. The van der Waals surface area contributed by atoms with Crippen molar-refractivity contribution in [3.05, 3.63) is 77.4 Å². The highest BCUT2D eigenvalue weighted by molar-refractivity contribution is 7.93. The first-order valence-corrected chi connectivity index (χ1v) is 13.2. The molecule has 37 heavy (non-hydrogen) atoms. The smallest absolute Gasteiger partial charge is 0.243 e. The first-order chi connectivity index (χ1) is 17.7. The van der Waals surface area contributed by atoms with Crippen LogP contribution in [-0.2, 0) is 16.4 Å². The number of hydrogen-bond acceptors (Lipinski definition) is 9. The molecular weight excluding hydrogens is 518 g/mol. The van der Waals surface area contributed by atoms with E-state index in [0.717, 1.165) is 5.56 Å². The van der Waals surface area contributed by atoms with Gasteiger partial charge in [0.25, 0.3) is 0 Å². The van der Waals surface area contributed by atoms with Gasteiger partial charge in [0.05, 0.1) is 24.5 Å². The molecule has 0 aliphatic carbocycles. The maximum Gasteiger partial charge on any atom is 0.243 e. The van der Waals surface area contributed by atoms with Crippen molar-refractivity contribution >= 4 is 27.6 Å². The van der Waals surface area contributed by atoms with E-state index in [4.69, 9.17) is 21.1 Å². The van der Waals surface area contributed by atoms with Crippen LogP contribution in [0.3, 0.4) is 0 Å². The summed E-state index contributed by atoms with van der Waals surface area (Å²) in [6, 6.07) is 8.95. The molecule has 1 N–H and O–H groups in total. The summed E-state index contributed by atoms with van der Waals surface area (Å²) >= 11 is 5.88. The van der Waals surface area contributed by atoms with Crippen LogP contribution in [0.25, 0.3) is 5.69 Å². The molecule has 0 bridgehead atoms. The van der Waals surface area contributed by atoms with Crippen LogP contribution in [0.2, 0.25) is 5.02 Å². The van der Waals surface area contributed by atoms with Gasteiger partial charge in [-0.3, -0.25) is 14.3 Å². The number of ether oxygens (including phenoxy) is 2. The highest BCUT2D eigenvalue weighted by atomic mass is 35.5. The number of sulfonamides is 1. The van der Waals surface area contributed by atoms with E-state index in [1.54, 1.807) is 49.0 Å². The topological polar surface area (TPSA) is 134 Å². The van der Waals surface area contributed by atoms with Crippen LogP contribution in [0.15, 0.2) is 55.1 Å². The van der Waals surface area contributed by atoms with Crippen molar-refractivity contribution in [2.24, 2.45) is 0 Å². The molecule has 0 aliphatic heterocycles. The fourth-order valence-corrected chi connectivity index (χ4v) is 5.05. The summed E-state index contributed by atoms with van der Waals surface area (Å²) < 4.78 is 42.4. The lowest BCUT2D eigenvalue weighted by Gasteiger charge is -2.21. The predicted molar refractivity (Wildman–Crippen MR) is 139 cm³/mol. The second kappa shape index (κ2) is 11.1. The number of methoxy groups -OCH3 is 2. The molecule has 0 spiro atoms. The number of nitrogens with one attached hydrogen (secondary N) is 1. The first-order valence-electron chi connectivity index (χ1n) is 11.3. The largest absolute Gasteiger partial charge is 0.494 e. The van der Waals surface area contributed by atoms with Crippen molar-refractivity contribution in [2.45, 2.75) is 31.4 Å². The van der Waals surface area contributed by atoms with Gasteiger partial charge in [-0.15, -0.1) is 10.2 Å². The molecule has 0 saturated carbocycles. The zero-order chi connectivity index (χ0) is 26.6. The van der Waals surface area contributed by atoms with Crippen LogP contribution in [0.1, 0.15) is 37.0 Å². The van der Waals surface area contributed by atoms with Crippen molar-refractivity contribution in [3.63, 3.8) is 0 Å². The van der Waals surface area contributed by atoms with E-state index < -0.39 is 21.2 Å². The molecule has 0 amide bonds. The van der Waals surface area contributed by atoms with Gasteiger partial charge in [-0.05, 0) is 36.8 Å². The molecule has 0 radical (unpaired) electrons. The van der Waals surface area contributed by atoms with Crippen molar-refractivity contribution in [3.8, 4) is 17.2 Å². The van der Waals surface area contributed by atoms with Gasteiger partial charge < -0.3 is 9.47 Å². The second-order valence-corrected chi connectivity index (χ2v) is 10.7. The second-order valence-electron chi connectivity index (χ2n) is 8.22. The normalized spacial score (nSPS) is 13.1. The lowest BCUT2D eigenvalue weighted by Crippen LogP contribution is -2.31. The number of rotatable bonds is 10.